The van der Waals surface area contributed by atoms with Crippen LogP contribution in [0, 0.1) is 11.3 Å². The number of likely N-dealkylation sites (tertiary alicyclic amines) is 1. The van der Waals surface area contributed by atoms with Crippen LogP contribution in [0.2, 0.25) is 0 Å². The fourth-order valence-corrected chi connectivity index (χ4v) is 3.43. The molecule has 1 aliphatic heterocycles. The van der Waals surface area contributed by atoms with Crippen molar-refractivity contribution in [3.63, 3.8) is 0 Å². The zero-order valence-corrected chi connectivity index (χ0v) is 15.6. The van der Waals surface area contributed by atoms with E-state index >= 15 is 0 Å². The van der Waals surface area contributed by atoms with Crippen molar-refractivity contribution in [3.05, 3.63) is 35.8 Å². The molecule has 0 amide bonds. The number of halogens is 3. The monoisotopic (exact) mass is 401 g/mol. The normalized spacial score (nSPS) is 16.1. The number of alkyl halides is 3. The van der Waals surface area contributed by atoms with Crippen molar-refractivity contribution in [2.24, 2.45) is 0 Å². The number of anilines is 1. The fraction of sp³-hybridized carbons (Fsp3) is 0.368. The molecular weight excluding hydrogens is 383 g/mol. The quantitative estimate of drug-likeness (QED) is 0.699. The lowest BCUT2D eigenvalue weighted by Gasteiger charge is -2.29. The number of hydrogen-bond acceptors (Lipinski definition) is 6. The summed E-state index contributed by atoms with van der Waals surface area (Å²) in [5.74, 6) is 0.350. The molecule has 7 nitrogen and oxygen atoms in total. The van der Waals surface area contributed by atoms with Crippen molar-refractivity contribution in [2.45, 2.75) is 25.1 Å². The maximum absolute atomic E-state index is 13.1. The molecule has 0 aliphatic carbocycles. The van der Waals surface area contributed by atoms with Crippen LogP contribution in [0.15, 0.2) is 24.7 Å². The Morgan fingerprint density at radius 2 is 2.00 bits per heavy atom. The second-order valence-electron chi connectivity index (χ2n) is 7.11. The number of fused-ring (bicyclic) bond motifs is 1. The predicted molar refractivity (Wildman–Crippen MR) is 101 cm³/mol. The van der Waals surface area contributed by atoms with E-state index in [1.165, 1.54) is 12.4 Å². The van der Waals surface area contributed by atoms with Crippen molar-refractivity contribution in [1.29, 1.82) is 5.26 Å². The molecule has 1 saturated heterocycles. The van der Waals surface area contributed by atoms with Gasteiger partial charge in [-0.3, -0.25) is 0 Å². The number of nitrogens with one attached hydrogen (secondary N) is 2. The van der Waals surface area contributed by atoms with E-state index in [1.54, 1.807) is 0 Å². The van der Waals surface area contributed by atoms with Crippen molar-refractivity contribution >= 4 is 17.0 Å². The van der Waals surface area contributed by atoms with E-state index in [0.717, 1.165) is 38.2 Å². The summed E-state index contributed by atoms with van der Waals surface area (Å²) in [5.41, 5.74) is 0.259. The van der Waals surface area contributed by atoms with Gasteiger partial charge in [0.15, 0.2) is 0 Å². The van der Waals surface area contributed by atoms with E-state index in [0.29, 0.717) is 17.2 Å². The Hall–Kier alpha value is -3.19. The predicted octanol–water partition coefficient (Wildman–Crippen LogP) is 3.42. The number of pyridine rings is 1. The third kappa shape index (κ3) is 3.86. The van der Waals surface area contributed by atoms with Crippen LogP contribution in [0.4, 0.5) is 19.1 Å². The van der Waals surface area contributed by atoms with Gasteiger partial charge < -0.3 is 15.2 Å². The van der Waals surface area contributed by atoms with Gasteiger partial charge in [0.25, 0.3) is 0 Å². The van der Waals surface area contributed by atoms with Gasteiger partial charge in [0.05, 0.1) is 23.0 Å². The van der Waals surface area contributed by atoms with E-state index in [-0.39, 0.29) is 22.7 Å². The first kappa shape index (κ1) is 19.1. The first-order valence-corrected chi connectivity index (χ1v) is 9.12. The van der Waals surface area contributed by atoms with Crippen molar-refractivity contribution in [3.8, 4) is 17.3 Å². The second kappa shape index (κ2) is 7.33. The summed E-state index contributed by atoms with van der Waals surface area (Å²) in [6, 6.07) is 3.23. The van der Waals surface area contributed by atoms with Gasteiger partial charge in [-0.15, -0.1) is 0 Å². The fourth-order valence-electron chi connectivity index (χ4n) is 3.43. The summed E-state index contributed by atoms with van der Waals surface area (Å²) in [4.78, 5) is 17.6. The Morgan fingerprint density at radius 1 is 1.24 bits per heavy atom. The molecule has 4 heterocycles. The lowest BCUT2D eigenvalue weighted by atomic mass is 10.1. The van der Waals surface area contributed by atoms with Crippen molar-refractivity contribution < 1.29 is 13.2 Å². The molecule has 0 radical (unpaired) electrons. The zero-order chi connectivity index (χ0) is 20.6. The highest BCUT2D eigenvalue weighted by atomic mass is 19.4. The van der Waals surface area contributed by atoms with E-state index in [9.17, 15) is 18.4 Å². The number of nitrogens with zero attached hydrogens (tertiary/aromatic N) is 5. The van der Waals surface area contributed by atoms with Crippen LogP contribution >= 0.6 is 0 Å². The van der Waals surface area contributed by atoms with E-state index in [1.807, 2.05) is 6.07 Å². The van der Waals surface area contributed by atoms with Gasteiger partial charge in [-0.1, -0.05) is 0 Å². The van der Waals surface area contributed by atoms with E-state index in [2.05, 4.69) is 37.2 Å². The molecule has 0 atom stereocenters. The third-order valence-corrected chi connectivity index (χ3v) is 5.07. The standard InChI is InChI=1S/C19H18F3N7/c1-29-4-2-13(3-5-29)27-18-26-8-11(7-23)16(28-18)15-10-25-17-14(15)6-12(9-24-17)19(20,21)22/h6,8-10,13H,2-5H2,1H3,(H,24,25)(H,26,27,28). The van der Waals surface area contributed by atoms with Crippen LogP contribution in [0.5, 0.6) is 0 Å². The average molecular weight is 401 g/mol. The van der Waals surface area contributed by atoms with Gasteiger partial charge in [-0.2, -0.15) is 18.4 Å². The van der Waals surface area contributed by atoms with Crippen LogP contribution in [0.25, 0.3) is 22.3 Å². The topological polar surface area (TPSA) is 93.5 Å². The van der Waals surface area contributed by atoms with Crippen molar-refractivity contribution in [1.82, 2.24) is 24.8 Å². The first-order valence-electron chi connectivity index (χ1n) is 9.12. The first-order chi connectivity index (χ1) is 13.8. The number of H-pyrrole nitrogens is 1. The number of hydrogen-bond donors (Lipinski definition) is 2. The van der Waals surface area contributed by atoms with Gasteiger partial charge in [0, 0.05) is 29.4 Å². The Labute approximate surface area is 164 Å². The molecule has 1 aliphatic rings. The minimum atomic E-state index is -4.51. The van der Waals surface area contributed by atoms with E-state index < -0.39 is 11.7 Å². The van der Waals surface area contributed by atoms with Crippen molar-refractivity contribution in [2.75, 3.05) is 25.5 Å². The molecule has 29 heavy (non-hydrogen) atoms. The summed E-state index contributed by atoms with van der Waals surface area (Å²) in [5, 5.41) is 13.0. The van der Waals surface area contributed by atoms with Crippen LogP contribution < -0.4 is 5.32 Å². The second-order valence-corrected chi connectivity index (χ2v) is 7.11. The minimum absolute atomic E-state index is 0.178. The maximum Gasteiger partial charge on any atom is 0.417 e. The molecule has 0 bridgehead atoms. The van der Waals surface area contributed by atoms with Gasteiger partial charge in [0.1, 0.15) is 11.7 Å². The van der Waals surface area contributed by atoms with Gasteiger partial charge >= 0.3 is 6.18 Å². The Morgan fingerprint density at radius 3 is 2.69 bits per heavy atom. The lowest BCUT2D eigenvalue weighted by Crippen LogP contribution is -2.37. The SMILES string of the molecule is CN1CCC(Nc2ncc(C#N)c(-c3c[nH]c4ncc(C(F)(F)F)cc34)n2)CC1. The number of nitriles is 1. The molecule has 0 saturated carbocycles. The number of aromatic amines is 1. The molecule has 0 aromatic carbocycles. The zero-order valence-electron chi connectivity index (χ0n) is 15.6. The Balaban J connectivity index is 1.73. The number of rotatable bonds is 3. The van der Waals surface area contributed by atoms with Crippen LogP contribution in [-0.2, 0) is 6.18 Å². The molecule has 150 valence electrons. The summed E-state index contributed by atoms with van der Waals surface area (Å²) < 4.78 is 39.3. The molecule has 3 aromatic rings. The number of aromatic nitrogens is 4. The molecule has 0 spiro atoms. The summed E-state index contributed by atoms with van der Waals surface area (Å²) in [6.45, 7) is 1.91. The Bertz CT molecular complexity index is 1080. The van der Waals surface area contributed by atoms with Gasteiger partial charge in [-0.05, 0) is 39.0 Å². The molecule has 3 aromatic heterocycles. The average Bonchev–Trinajstić information content (AvgIpc) is 3.12. The molecule has 1 fully saturated rings. The molecule has 0 unspecified atom stereocenters. The minimum Gasteiger partial charge on any atom is -0.351 e. The summed E-state index contributed by atoms with van der Waals surface area (Å²) in [7, 11) is 2.06. The van der Waals surface area contributed by atoms with Crippen LogP contribution in [0.3, 0.4) is 0 Å². The number of piperidine rings is 1. The van der Waals surface area contributed by atoms with E-state index in [4.69, 9.17) is 0 Å². The van der Waals surface area contributed by atoms with Gasteiger partial charge in [0.2, 0.25) is 5.95 Å². The largest absolute Gasteiger partial charge is 0.417 e. The molecule has 2 N–H and O–H groups in total. The Kier molecular flexibility index (Phi) is 4.84. The lowest BCUT2D eigenvalue weighted by molar-refractivity contribution is -0.137. The third-order valence-electron chi connectivity index (χ3n) is 5.07. The molecule has 10 heteroatoms. The van der Waals surface area contributed by atoms with Gasteiger partial charge in [-0.25, -0.2) is 15.0 Å². The molecular formula is C19H18F3N7. The smallest absolute Gasteiger partial charge is 0.351 e. The summed E-state index contributed by atoms with van der Waals surface area (Å²) >= 11 is 0. The highest BCUT2D eigenvalue weighted by Gasteiger charge is 2.31. The molecule has 4 rings (SSSR count). The maximum atomic E-state index is 13.1. The van der Waals surface area contributed by atoms with Crippen LogP contribution in [-0.4, -0.2) is 51.0 Å². The highest BCUT2D eigenvalue weighted by Crippen LogP contribution is 2.34. The van der Waals surface area contributed by atoms with Crippen LogP contribution in [0.1, 0.15) is 24.0 Å². The summed E-state index contributed by atoms with van der Waals surface area (Å²) in [6.07, 6.45) is 1.03. The highest BCUT2D eigenvalue weighted by molar-refractivity contribution is 5.94.